The highest BCUT2D eigenvalue weighted by Gasteiger charge is 2.23. The van der Waals surface area contributed by atoms with Gasteiger partial charge in [0.15, 0.2) is 0 Å². The smallest absolute Gasteiger partial charge is 0.125 e. The van der Waals surface area contributed by atoms with Crippen LogP contribution < -0.4 is 0 Å². The van der Waals surface area contributed by atoms with Gasteiger partial charge in [-0.1, -0.05) is 12.1 Å². The summed E-state index contributed by atoms with van der Waals surface area (Å²) in [5.41, 5.74) is 3.65. The van der Waals surface area contributed by atoms with Crippen LogP contribution in [-0.2, 0) is 5.88 Å². The zero-order chi connectivity index (χ0) is 11.8. The zero-order valence-electron chi connectivity index (χ0n) is 9.82. The van der Waals surface area contributed by atoms with Gasteiger partial charge < -0.3 is 4.57 Å². The normalized spacial score (nSPS) is 20.2. The van der Waals surface area contributed by atoms with Gasteiger partial charge in [-0.05, 0) is 30.7 Å². The van der Waals surface area contributed by atoms with Crippen molar-refractivity contribution in [3.05, 3.63) is 29.6 Å². The number of para-hydroxylation sites is 1. The largest absolute Gasteiger partial charge is 0.323 e. The molecule has 1 atom stereocenters. The minimum absolute atomic E-state index is 0.495. The van der Waals surface area contributed by atoms with E-state index in [1.165, 1.54) is 29.0 Å². The van der Waals surface area contributed by atoms with Crippen LogP contribution in [0.1, 0.15) is 23.9 Å². The lowest BCUT2D eigenvalue weighted by atomic mass is 10.2. The van der Waals surface area contributed by atoms with Crippen LogP contribution in [0.2, 0.25) is 0 Å². The Morgan fingerprint density at radius 1 is 1.53 bits per heavy atom. The predicted molar refractivity (Wildman–Crippen MR) is 75.0 cm³/mol. The summed E-state index contributed by atoms with van der Waals surface area (Å²) in [6, 6.07) is 6.87. The number of hydrogen-bond donors (Lipinski definition) is 0. The molecule has 2 heterocycles. The fraction of sp³-hybridized carbons (Fsp3) is 0.462. The van der Waals surface area contributed by atoms with Crippen LogP contribution >= 0.6 is 23.4 Å². The molecule has 1 aliphatic rings. The molecule has 2 nitrogen and oxygen atoms in total. The van der Waals surface area contributed by atoms with Crippen LogP contribution in [0.3, 0.4) is 0 Å². The maximum atomic E-state index is 6.04. The van der Waals surface area contributed by atoms with E-state index in [-0.39, 0.29) is 0 Å². The first-order valence-corrected chi connectivity index (χ1v) is 7.60. The lowest BCUT2D eigenvalue weighted by Crippen LogP contribution is -2.11. The van der Waals surface area contributed by atoms with E-state index in [2.05, 4.69) is 34.7 Å². The first-order valence-electron chi connectivity index (χ1n) is 5.91. The van der Waals surface area contributed by atoms with Gasteiger partial charge in [0.25, 0.3) is 0 Å². The van der Waals surface area contributed by atoms with Crippen molar-refractivity contribution in [3.8, 4) is 0 Å². The molecule has 0 amide bonds. The summed E-state index contributed by atoms with van der Waals surface area (Å²) in [5.74, 6) is 3.94. The first-order chi connectivity index (χ1) is 8.31. The van der Waals surface area contributed by atoms with E-state index in [9.17, 15) is 0 Å². The molecule has 0 N–H and O–H groups in total. The maximum absolute atomic E-state index is 6.04. The number of rotatable bonds is 2. The molecule has 1 aromatic heterocycles. The molecule has 4 heteroatoms. The molecule has 1 aliphatic heterocycles. The highest BCUT2D eigenvalue weighted by atomic mass is 35.5. The molecule has 17 heavy (non-hydrogen) atoms. The number of imidazole rings is 1. The topological polar surface area (TPSA) is 17.8 Å². The number of hydrogen-bond acceptors (Lipinski definition) is 2. The van der Waals surface area contributed by atoms with Gasteiger partial charge in [-0.15, -0.1) is 11.6 Å². The molecule has 1 unspecified atom stereocenters. The number of alkyl halides is 1. The summed E-state index contributed by atoms with van der Waals surface area (Å²) in [6.45, 7) is 2.15. The van der Waals surface area contributed by atoms with Gasteiger partial charge >= 0.3 is 0 Å². The van der Waals surface area contributed by atoms with E-state index in [0.717, 1.165) is 11.3 Å². The van der Waals surface area contributed by atoms with Crippen molar-refractivity contribution < 1.29 is 0 Å². The van der Waals surface area contributed by atoms with Crippen molar-refractivity contribution in [2.75, 3.05) is 11.5 Å². The summed E-state index contributed by atoms with van der Waals surface area (Å²) in [7, 11) is 0. The predicted octanol–water partition coefficient (Wildman–Crippen LogP) is 3.76. The van der Waals surface area contributed by atoms with Crippen LogP contribution in [0.4, 0.5) is 0 Å². The van der Waals surface area contributed by atoms with Crippen LogP contribution in [-0.4, -0.2) is 21.1 Å². The quantitative estimate of drug-likeness (QED) is 0.771. The van der Waals surface area contributed by atoms with E-state index >= 15 is 0 Å². The Kier molecular flexibility index (Phi) is 3.05. The van der Waals surface area contributed by atoms with Crippen molar-refractivity contribution in [2.24, 2.45) is 0 Å². The summed E-state index contributed by atoms with van der Waals surface area (Å²) in [5, 5.41) is 0. The molecular formula is C13H15ClN2S. The fourth-order valence-electron chi connectivity index (χ4n) is 2.58. The van der Waals surface area contributed by atoms with E-state index in [4.69, 9.17) is 11.6 Å². The average molecular weight is 267 g/mol. The van der Waals surface area contributed by atoms with Crippen molar-refractivity contribution in [1.82, 2.24) is 9.55 Å². The minimum atomic E-state index is 0.495. The molecule has 0 aliphatic carbocycles. The lowest BCUT2D eigenvalue weighted by molar-refractivity contribution is 0.558. The van der Waals surface area contributed by atoms with Gasteiger partial charge in [0.1, 0.15) is 5.82 Å². The maximum Gasteiger partial charge on any atom is 0.125 e. The zero-order valence-corrected chi connectivity index (χ0v) is 11.4. The second-order valence-electron chi connectivity index (χ2n) is 4.49. The molecule has 1 saturated heterocycles. The number of aromatic nitrogens is 2. The molecule has 90 valence electrons. The average Bonchev–Trinajstić information content (AvgIpc) is 2.95. The van der Waals surface area contributed by atoms with Gasteiger partial charge in [0.2, 0.25) is 0 Å². The Hall–Kier alpha value is -0.670. The monoisotopic (exact) mass is 266 g/mol. The number of nitrogens with zero attached hydrogens (tertiary/aromatic N) is 2. The van der Waals surface area contributed by atoms with E-state index in [0.29, 0.717) is 11.9 Å². The molecule has 0 spiro atoms. The minimum Gasteiger partial charge on any atom is -0.323 e. The third kappa shape index (κ3) is 1.85. The summed E-state index contributed by atoms with van der Waals surface area (Å²) >= 11 is 8.07. The highest BCUT2D eigenvalue weighted by Crippen LogP contribution is 2.33. The Morgan fingerprint density at radius 2 is 2.41 bits per heavy atom. The number of fused-ring (bicyclic) bond motifs is 1. The number of aryl methyl sites for hydroxylation is 1. The third-order valence-corrected chi connectivity index (χ3v) is 4.76. The van der Waals surface area contributed by atoms with Gasteiger partial charge in [0, 0.05) is 11.8 Å². The Labute approximate surface area is 110 Å². The van der Waals surface area contributed by atoms with Crippen LogP contribution in [0.5, 0.6) is 0 Å². The molecule has 0 bridgehead atoms. The van der Waals surface area contributed by atoms with Crippen LogP contribution in [0, 0.1) is 6.92 Å². The van der Waals surface area contributed by atoms with Gasteiger partial charge in [-0.25, -0.2) is 4.98 Å². The molecule has 2 aromatic rings. The van der Waals surface area contributed by atoms with E-state index in [1.54, 1.807) is 0 Å². The highest BCUT2D eigenvalue weighted by molar-refractivity contribution is 7.99. The van der Waals surface area contributed by atoms with Gasteiger partial charge in [-0.2, -0.15) is 11.8 Å². The second kappa shape index (κ2) is 4.54. The summed E-state index contributed by atoms with van der Waals surface area (Å²) in [4.78, 5) is 4.66. The number of benzene rings is 1. The summed E-state index contributed by atoms with van der Waals surface area (Å²) in [6.07, 6.45) is 1.23. The standard InChI is InChI=1S/C13H15ClN2S/c1-9-3-2-4-11-13(9)16(12(7-14)15-11)10-5-6-17-8-10/h2-4,10H,5-8H2,1H3. The Morgan fingerprint density at radius 3 is 3.12 bits per heavy atom. The van der Waals surface area contributed by atoms with Crippen molar-refractivity contribution >= 4 is 34.4 Å². The lowest BCUT2D eigenvalue weighted by Gasteiger charge is -2.15. The fourth-order valence-corrected chi connectivity index (χ4v) is 3.96. The molecule has 3 rings (SSSR count). The third-order valence-electron chi connectivity index (χ3n) is 3.38. The van der Waals surface area contributed by atoms with Gasteiger partial charge in [-0.3, -0.25) is 0 Å². The van der Waals surface area contributed by atoms with Crippen molar-refractivity contribution in [2.45, 2.75) is 25.3 Å². The molecular weight excluding hydrogens is 252 g/mol. The molecule has 0 radical (unpaired) electrons. The molecule has 1 aromatic carbocycles. The SMILES string of the molecule is Cc1cccc2nc(CCl)n(C3CCSC3)c12. The van der Waals surface area contributed by atoms with Crippen LogP contribution in [0.25, 0.3) is 11.0 Å². The summed E-state index contributed by atoms with van der Waals surface area (Å²) < 4.78 is 2.37. The molecule has 0 saturated carbocycles. The number of halogens is 1. The number of thioether (sulfide) groups is 1. The van der Waals surface area contributed by atoms with Crippen molar-refractivity contribution in [1.29, 1.82) is 0 Å². The van der Waals surface area contributed by atoms with Crippen molar-refractivity contribution in [3.63, 3.8) is 0 Å². The van der Waals surface area contributed by atoms with E-state index in [1.807, 2.05) is 11.8 Å². The first kappa shape index (κ1) is 11.4. The Balaban J connectivity index is 2.24. The van der Waals surface area contributed by atoms with E-state index < -0.39 is 0 Å². The Bertz CT molecular complexity index is 544. The second-order valence-corrected chi connectivity index (χ2v) is 5.91. The van der Waals surface area contributed by atoms with Gasteiger partial charge in [0.05, 0.1) is 16.9 Å². The van der Waals surface area contributed by atoms with Crippen LogP contribution in [0.15, 0.2) is 18.2 Å². The molecule has 1 fully saturated rings.